The lowest BCUT2D eigenvalue weighted by molar-refractivity contribution is 0.00387. The SMILES string of the molecule is C[C@@H]1[C@@H](C)CCC[C@H]1NC[C@H](O)COC(c1ccccc1)c1ccccc1. The molecule has 0 radical (unpaired) electrons. The fourth-order valence-corrected chi connectivity index (χ4v) is 4.06. The summed E-state index contributed by atoms with van der Waals surface area (Å²) in [5.74, 6) is 1.42. The molecule has 27 heavy (non-hydrogen) atoms. The van der Waals surface area contributed by atoms with Gasteiger partial charge in [-0.3, -0.25) is 0 Å². The predicted octanol–water partition coefficient (Wildman–Crippen LogP) is 4.57. The first-order chi connectivity index (χ1) is 13.1. The van der Waals surface area contributed by atoms with Gasteiger partial charge in [-0.2, -0.15) is 0 Å². The molecule has 0 saturated heterocycles. The topological polar surface area (TPSA) is 41.5 Å². The summed E-state index contributed by atoms with van der Waals surface area (Å²) in [6.07, 6.45) is 3.14. The van der Waals surface area contributed by atoms with Crippen molar-refractivity contribution in [3.8, 4) is 0 Å². The summed E-state index contributed by atoms with van der Waals surface area (Å²) in [5.41, 5.74) is 2.22. The number of aliphatic hydroxyl groups excluding tert-OH is 1. The lowest BCUT2D eigenvalue weighted by Gasteiger charge is -2.35. The van der Waals surface area contributed by atoms with Crippen LogP contribution in [0, 0.1) is 11.8 Å². The molecule has 146 valence electrons. The second-order valence-corrected chi connectivity index (χ2v) is 7.97. The van der Waals surface area contributed by atoms with Crippen LogP contribution in [0.1, 0.15) is 50.3 Å². The first-order valence-electron chi connectivity index (χ1n) is 10.3. The number of ether oxygens (including phenoxy) is 1. The van der Waals surface area contributed by atoms with Gasteiger partial charge in [-0.1, -0.05) is 87.4 Å². The molecule has 3 rings (SSSR count). The molecule has 0 amide bonds. The summed E-state index contributed by atoms with van der Waals surface area (Å²) in [6, 6.07) is 20.9. The summed E-state index contributed by atoms with van der Waals surface area (Å²) in [7, 11) is 0. The molecule has 1 aliphatic carbocycles. The van der Waals surface area contributed by atoms with Crippen LogP contribution in [-0.2, 0) is 4.74 Å². The second kappa shape index (κ2) is 10.0. The zero-order chi connectivity index (χ0) is 19.1. The van der Waals surface area contributed by atoms with E-state index in [9.17, 15) is 5.11 Å². The van der Waals surface area contributed by atoms with Crippen molar-refractivity contribution in [1.29, 1.82) is 0 Å². The minimum absolute atomic E-state index is 0.157. The molecule has 0 bridgehead atoms. The molecule has 0 spiro atoms. The van der Waals surface area contributed by atoms with Gasteiger partial charge in [0.15, 0.2) is 0 Å². The van der Waals surface area contributed by atoms with Crippen molar-refractivity contribution >= 4 is 0 Å². The van der Waals surface area contributed by atoms with Crippen LogP contribution in [0.2, 0.25) is 0 Å². The van der Waals surface area contributed by atoms with Crippen molar-refractivity contribution in [2.75, 3.05) is 13.2 Å². The van der Waals surface area contributed by atoms with Crippen molar-refractivity contribution in [3.05, 3.63) is 71.8 Å². The molecule has 2 N–H and O–H groups in total. The molecule has 0 unspecified atom stereocenters. The van der Waals surface area contributed by atoms with Crippen molar-refractivity contribution < 1.29 is 9.84 Å². The van der Waals surface area contributed by atoms with Crippen LogP contribution in [0.15, 0.2) is 60.7 Å². The number of nitrogens with one attached hydrogen (secondary N) is 1. The standard InChI is InChI=1S/C24H33NO2/c1-18-10-9-15-23(19(18)2)25-16-22(26)17-27-24(20-11-5-3-6-12-20)21-13-7-4-8-14-21/h3-8,11-14,18-19,22-26H,9-10,15-17H2,1-2H3/t18-,19+,22-,23+/m0/s1. The van der Waals surface area contributed by atoms with E-state index in [1.807, 2.05) is 36.4 Å². The highest BCUT2D eigenvalue weighted by Crippen LogP contribution is 2.29. The Labute approximate surface area is 163 Å². The summed E-state index contributed by atoms with van der Waals surface area (Å²) < 4.78 is 6.17. The maximum Gasteiger partial charge on any atom is 0.108 e. The third-order valence-electron chi connectivity index (χ3n) is 5.98. The van der Waals surface area contributed by atoms with Gasteiger partial charge in [0, 0.05) is 12.6 Å². The Hall–Kier alpha value is -1.68. The van der Waals surface area contributed by atoms with Crippen LogP contribution >= 0.6 is 0 Å². The highest BCUT2D eigenvalue weighted by atomic mass is 16.5. The number of aliphatic hydroxyl groups is 1. The van der Waals surface area contributed by atoms with E-state index >= 15 is 0 Å². The van der Waals surface area contributed by atoms with Gasteiger partial charge in [0.25, 0.3) is 0 Å². The number of rotatable bonds is 8. The molecular weight excluding hydrogens is 334 g/mol. The predicted molar refractivity (Wildman–Crippen MR) is 111 cm³/mol. The van der Waals surface area contributed by atoms with Gasteiger partial charge in [0.1, 0.15) is 6.10 Å². The summed E-state index contributed by atoms with van der Waals surface area (Å²) in [4.78, 5) is 0. The van der Waals surface area contributed by atoms with Crippen LogP contribution in [0.4, 0.5) is 0 Å². The van der Waals surface area contributed by atoms with E-state index in [-0.39, 0.29) is 6.10 Å². The molecule has 1 aliphatic rings. The Morgan fingerprint density at radius 1 is 0.963 bits per heavy atom. The minimum atomic E-state index is -0.510. The van der Waals surface area contributed by atoms with Gasteiger partial charge in [-0.25, -0.2) is 0 Å². The molecule has 3 heteroatoms. The Morgan fingerprint density at radius 2 is 1.56 bits per heavy atom. The van der Waals surface area contributed by atoms with Gasteiger partial charge in [0.05, 0.1) is 12.7 Å². The average molecular weight is 368 g/mol. The molecule has 3 nitrogen and oxygen atoms in total. The Bertz CT molecular complexity index is 621. The second-order valence-electron chi connectivity index (χ2n) is 7.97. The zero-order valence-corrected chi connectivity index (χ0v) is 16.6. The molecule has 1 fully saturated rings. The number of hydrogen-bond donors (Lipinski definition) is 2. The van der Waals surface area contributed by atoms with E-state index in [0.717, 1.165) is 17.0 Å². The summed E-state index contributed by atoms with van der Waals surface area (Å²) in [6.45, 7) is 5.56. The Morgan fingerprint density at radius 3 is 2.15 bits per heavy atom. The van der Waals surface area contributed by atoms with E-state index in [1.165, 1.54) is 19.3 Å². The Kier molecular flexibility index (Phi) is 7.45. The third-order valence-corrected chi connectivity index (χ3v) is 5.98. The van der Waals surface area contributed by atoms with Crippen LogP contribution in [0.3, 0.4) is 0 Å². The van der Waals surface area contributed by atoms with E-state index in [4.69, 9.17) is 4.74 Å². The minimum Gasteiger partial charge on any atom is -0.389 e. The number of hydrogen-bond acceptors (Lipinski definition) is 3. The molecule has 2 aromatic carbocycles. The highest BCUT2D eigenvalue weighted by Gasteiger charge is 2.27. The van der Waals surface area contributed by atoms with E-state index < -0.39 is 6.10 Å². The van der Waals surface area contributed by atoms with Crippen molar-refractivity contribution in [1.82, 2.24) is 5.32 Å². The molecular formula is C24H33NO2. The largest absolute Gasteiger partial charge is 0.389 e. The van der Waals surface area contributed by atoms with Gasteiger partial charge in [-0.05, 0) is 29.4 Å². The van der Waals surface area contributed by atoms with E-state index in [0.29, 0.717) is 25.1 Å². The molecule has 2 aromatic rings. The fraction of sp³-hybridized carbons (Fsp3) is 0.500. The third kappa shape index (κ3) is 5.65. The average Bonchev–Trinajstić information content (AvgIpc) is 2.71. The molecule has 4 atom stereocenters. The Balaban J connectivity index is 1.55. The quantitative estimate of drug-likeness (QED) is 0.718. The van der Waals surface area contributed by atoms with Crippen LogP contribution in [0.5, 0.6) is 0 Å². The van der Waals surface area contributed by atoms with Crippen LogP contribution in [-0.4, -0.2) is 30.4 Å². The zero-order valence-electron chi connectivity index (χ0n) is 16.6. The smallest absolute Gasteiger partial charge is 0.108 e. The molecule has 1 saturated carbocycles. The molecule has 0 heterocycles. The highest BCUT2D eigenvalue weighted by molar-refractivity contribution is 5.29. The van der Waals surface area contributed by atoms with Gasteiger partial charge in [0.2, 0.25) is 0 Å². The van der Waals surface area contributed by atoms with Gasteiger partial charge < -0.3 is 15.2 Å². The van der Waals surface area contributed by atoms with Crippen LogP contribution < -0.4 is 5.32 Å². The van der Waals surface area contributed by atoms with Gasteiger partial charge >= 0.3 is 0 Å². The van der Waals surface area contributed by atoms with Crippen molar-refractivity contribution in [2.45, 2.75) is 51.4 Å². The summed E-state index contributed by atoms with van der Waals surface area (Å²) >= 11 is 0. The van der Waals surface area contributed by atoms with Gasteiger partial charge in [-0.15, -0.1) is 0 Å². The van der Waals surface area contributed by atoms with E-state index in [1.54, 1.807) is 0 Å². The monoisotopic (exact) mass is 367 g/mol. The summed E-state index contributed by atoms with van der Waals surface area (Å²) in [5, 5.41) is 14.1. The number of benzene rings is 2. The maximum absolute atomic E-state index is 10.5. The lowest BCUT2D eigenvalue weighted by atomic mass is 9.78. The fourth-order valence-electron chi connectivity index (χ4n) is 4.06. The van der Waals surface area contributed by atoms with E-state index in [2.05, 4.69) is 43.4 Å². The van der Waals surface area contributed by atoms with Crippen molar-refractivity contribution in [2.24, 2.45) is 11.8 Å². The molecule has 0 aromatic heterocycles. The lowest BCUT2D eigenvalue weighted by Crippen LogP contribution is -2.44. The maximum atomic E-state index is 10.5. The molecule has 0 aliphatic heterocycles. The van der Waals surface area contributed by atoms with Crippen LogP contribution in [0.25, 0.3) is 0 Å². The van der Waals surface area contributed by atoms with Crippen molar-refractivity contribution in [3.63, 3.8) is 0 Å². The first-order valence-corrected chi connectivity index (χ1v) is 10.3. The first kappa shape index (κ1) is 20.1. The normalized spacial score (nSPS) is 24.1.